The van der Waals surface area contributed by atoms with Crippen LogP contribution in [0.4, 0.5) is 0 Å². The lowest BCUT2D eigenvalue weighted by molar-refractivity contribution is -0.144. The van der Waals surface area contributed by atoms with Crippen molar-refractivity contribution in [3.63, 3.8) is 0 Å². The zero-order valence-corrected chi connectivity index (χ0v) is 11.6. The zero-order valence-electron chi connectivity index (χ0n) is 11.6. The molecule has 1 N–H and O–H groups in total. The Morgan fingerprint density at radius 1 is 1.26 bits per heavy atom. The number of carbonyl (C=O) groups excluding carboxylic acids is 2. The largest absolute Gasteiger partial charge is 0.459 e. The number of rotatable bonds is 0. The van der Waals surface area contributed by atoms with Crippen molar-refractivity contribution in [2.75, 3.05) is 0 Å². The Hall–Kier alpha value is -1.16. The van der Waals surface area contributed by atoms with Crippen molar-refractivity contribution in [1.82, 2.24) is 0 Å². The third-order valence-corrected chi connectivity index (χ3v) is 5.28. The Morgan fingerprint density at radius 3 is 2.63 bits per heavy atom. The molecule has 1 aliphatic heterocycles. The predicted octanol–water partition coefficient (Wildman–Crippen LogP) is 1.61. The van der Waals surface area contributed by atoms with E-state index >= 15 is 0 Å². The van der Waals surface area contributed by atoms with E-state index in [2.05, 4.69) is 6.92 Å². The molecule has 0 radical (unpaired) electrons. The van der Waals surface area contributed by atoms with E-state index in [1.54, 1.807) is 6.92 Å². The molecule has 4 nitrogen and oxygen atoms in total. The number of ether oxygens (including phenoxy) is 1. The summed E-state index contributed by atoms with van der Waals surface area (Å²) >= 11 is 0. The Labute approximate surface area is 112 Å². The second kappa shape index (κ2) is 3.92. The van der Waals surface area contributed by atoms with Crippen LogP contribution in [0.5, 0.6) is 0 Å². The third-order valence-electron chi connectivity index (χ3n) is 5.28. The molecule has 1 heterocycles. The van der Waals surface area contributed by atoms with Crippen LogP contribution in [0, 0.1) is 17.8 Å². The van der Waals surface area contributed by atoms with Crippen LogP contribution in [0.15, 0.2) is 11.1 Å². The van der Waals surface area contributed by atoms with Gasteiger partial charge in [-0.05, 0) is 37.7 Å². The highest BCUT2D eigenvalue weighted by Gasteiger charge is 2.58. The number of esters is 1. The van der Waals surface area contributed by atoms with Crippen molar-refractivity contribution in [2.45, 2.75) is 51.7 Å². The van der Waals surface area contributed by atoms with Crippen molar-refractivity contribution in [3.05, 3.63) is 11.1 Å². The molecule has 2 fully saturated rings. The van der Waals surface area contributed by atoms with Crippen LogP contribution in [0.25, 0.3) is 0 Å². The molecule has 5 atom stereocenters. The fraction of sp³-hybridized carbons (Fsp3) is 0.733. The molecule has 0 spiro atoms. The first-order valence-electron chi connectivity index (χ1n) is 7.00. The highest BCUT2D eigenvalue weighted by Crippen LogP contribution is 2.50. The number of ketones is 1. The molecule has 3 rings (SSSR count). The van der Waals surface area contributed by atoms with E-state index in [-0.39, 0.29) is 23.6 Å². The smallest absolute Gasteiger partial charge is 0.312 e. The van der Waals surface area contributed by atoms with Gasteiger partial charge in [-0.15, -0.1) is 0 Å². The van der Waals surface area contributed by atoms with Gasteiger partial charge in [-0.1, -0.05) is 12.5 Å². The average molecular weight is 264 g/mol. The van der Waals surface area contributed by atoms with E-state index in [4.69, 9.17) is 4.74 Å². The molecule has 104 valence electrons. The highest BCUT2D eigenvalue weighted by atomic mass is 16.6. The van der Waals surface area contributed by atoms with E-state index < -0.39 is 17.6 Å². The molecular formula is C15H20O4. The topological polar surface area (TPSA) is 63.6 Å². The van der Waals surface area contributed by atoms with E-state index in [0.717, 1.165) is 11.1 Å². The van der Waals surface area contributed by atoms with Gasteiger partial charge >= 0.3 is 5.97 Å². The molecule has 0 amide bonds. The monoisotopic (exact) mass is 264 g/mol. The second-order valence-corrected chi connectivity index (χ2v) is 6.45. The predicted molar refractivity (Wildman–Crippen MR) is 68.2 cm³/mol. The summed E-state index contributed by atoms with van der Waals surface area (Å²) in [7, 11) is 0. The zero-order chi connectivity index (χ0) is 13.9. The SMILES string of the molecule is CC1=C2C(=O)CC(C)C2CC2(O)C(C1)OC(=O)C2C. The van der Waals surface area contributed by atoms with Gasteiger partial charge in [0.2, 0.25) is 0 Å². The summed E-state index contributed by atoms with van der Waals surface area (Å²) in [5, 5.41) is 10.9. The molecule has 4 heteroatoms. The Bertz CT molecular complexity index is 492. The van der Waals surface area contributed by atoms with Crippen LogP contribution in [-0.2, 0) is 14.3 Å². The molecule has 0 aromatic rings. The van der Waals surface area contributed by atoms with E-state index in [9.17, 15) is 14.7 Å². The minimum absolute atomic E-state index is 0.0689. The highest BCUT2D eigenvalue weighted by molar-refractivity contribution is 5.99. The summed E-state index contributed by atoms with van der Waals surface area (Å²) in [4.78, 5) is 23.8. The van der Waals surface area contributed by atoms with Crippen molar-refractivity contribution in [1.29, 1.82) is 0 Å². The van der Waals surface area contributed by atoms with Crippen LogP contribution < -0.4 is 0 Å². The molecule has 0 bridgehead atoms. The molecule has 1 saturated heterocycles. The lowest BCUT2D eigenvalue weighted by atomic mass is 9.77. The third kappa shape index (κ3) is 1.62. The van der Waals surface area contributed by atoms with Gasteiger partial charge in [-0.25, -0.2) is 0 Å². The first-order chi connectivity index (χ1) is 8.84. The number of hydrogen-bond acceptors (Lipinski definition) is 4. The Balaban J connectivity index is 2.05. The van der Waals surface area contributed by atoms with Gasteiger partial charge < -0.3 is 9.84 Å². The molecular weight excluding hydrogens is 244 g/mol. The van der Waals surface area contributed by atoms with Crippen molar-refractivity contribution >= 4 is 11.8 Å². The Morgan fingerprint density at radius 2 is 1.95 bits per heavy atom. The minimum Gasteiger partial charge on any atom is -0.459 e. The molecule has 0 aromatic heterocycles. The number of carbonyl (C=O) groups is 2. The normalized spacial score (nSPS) is 45.9. The van der Waals surface area contributed by atoms with Gasteiger partial charge in [-0.2, -0.15) is 0 Å². The molecule has 3 aliphatic rings. The summed E-state index contributed by atoms with van der Waals surface area (Å²) < 4.78 is 5.33. The lowest BCUT2D eigenvalue weighted by Crippen LogP contribution is -2.44. The summed E-state index contributed by atoms with van der Waals surface area (Å²) in [6, 6.07) is 0. The van der Waals surface area contributed by atoms with Gasteiger partial charge in [0.05, 0.1) is 5.92 Å². The average Bonchev–Trinajstić information content (AvgIpc) is 2.65. The first-order valence-corrected chi connectivity index (χ1v) is 7.00. The maximum Gasteiger partial charge on any atom is 0.312 e. The van der Waals surface area contributed by atoms with Crippen LogP contribution in [-0.4, -0.2) is 28.6 Å². The van der Waals surface area contributed by atoms with Crippen LogP contribution in [0.3, 0.4) is 0 Å². The maximum absolute atomic E-state index is 12.1. The number of fused-ring (bicyclic) bond motifs is 2. The van der Waals surface area contributed by atoms with E-state index in [0.29, 0.717) is 19.3 Å². The van der Waals surface area contributed by atoms with Gasteiger partial charge in [0.25, 0.3) is 0 Å². The standard InChI is InChI=1S/C15H20O4/c1-7-4-11(16)13-8(2)5-12-15(18,6-10(7)13)9(3)14(17)19-12/h7,9-10,12,18H,4-6H2,1-3H3. The van der Waals surface area contributed by atoms with Crippen LogP contribution >= 0.6 is 0 Å². The van der Waals surface area contributed by atoms with Crippen molar-refractivity contribution in [3.8, 4) is 0 Å². The molecule has 19 heavy (non-hydrogen) atoms. The first kappa shape index (κ1) is 12.9. The molecule has 0 aromatic carbocycles. The molecule has 1 saturated carbocycles. The summed E-state index contributed by atoms with van der Waals surface area (Å²) in [5.74, 6) is -0.312. The number of aliphatic hydroxyl groups is 1. The van der Waals surface area contributed by atoms with Crippen molar-refractivity contribution < 1.29 is 19.4 Å². The van der Waals surface area contributed by atoms with Crippen LogP contribution in [0.2, 0.25) is 0 Å². The second-order valence-electron chi connectivity index (χ2n) is 6.45. The summed E-state index contributed by atoms with van der Waals surface area (Å²) in [5.41, 5.74) is 0.754. The van der Waals surface area contributed by atoms with Crippen molar-refractivity contribution in [2.24, 2.45) is 17.8 Å². The molecule has 5 unspecified atom stereocenters. The number of Topliss-reactive ketones (excluding diaryl/α,β-unsaturated/α-hetero) is 1. The minimum atomic E-state index is -1.12. The van der Waals surface area contributed by atoms with E-state index in [1.165, 1.54) is 0 Å². The van der Waals surface area contributed by atoms with Gasteiger partial charge in [0, 0.05) is 12.8 Å². The van der Waals surface area contributed by atoms with Gasteiger partial charge in [0.15, 0.2) is 5.78 Å². The fourth-order valence-corrected chi connectivity index (χ4v) is 3.99. The van der Waals surface area contributed by atoms with E-state index in [1.807, 2.05) is 6.92 Å². The lowest BCUT2D eigenvalue weighted by Gasteiger charge is -2.31. The van der Waals surface area contributed by atoms with Gasteiger partial charge in [0.1, 0.15) is 11.7 Å². The maximum atomic E-state index is 12.1. The summed E-state index contributed by atoms with van der Waals surface area (Å²) in [6.45, 7) is 5.71. The quantitative estimate of drug-likeness (QED) is 0.675. The Kier molecular flexibility index (Phi) is 2.65. The number of allylic oxidation sites excluding steroid dienone is 1. The van der Waals surface area contributed by atoms with Crippen LogP contribution in [0.1, 0.15) is 40.0 Å². The summed E-state index contributed by atoms with van der Waals surface area (Å²) in [6.07, 6.45) is 1.01. The molecule has 2 aliphatic carbocycles. The van der Waals surface area contributed by atoms with Gasteiger partial charge in [-0.3, -0.25) is 9.59 Å². The fourth-order valence-electron chi connectivity index (χ4n) is 3.99. The number of hydrogen-bond donors (Lipinski definition) is 1.